The molecule has 0 atom stereocenters. The van der Waals surface area contributed by atoms with Gasteiger partial charge in [-0.3, -0.25) is 0 Å². The second-order valence-corrected chi connectivity index (χ2v) is 4.58. The number of aromatic nitrogens is 1. The Morgan fingerprint density at radius 2 is 2.20 bits per heavy atom. The van der Waals surface area contributed by atoms with Gasteiger partial charge in [0.15, 0.2) is 0 Å². The first-order valence-corrected chi connectivity index (χ1v) is 5.47. The third kappa shape index (κ3) is 2.76. The highest BCUT2D eigenvalue weighted by molar-refractivity contribution is 7.11. The van der Waals surface area contributed by atoms with Crippen LogP contribution in [-0.4, -0.2) is 4.98 Å². The molecule has 0 aliphatic carbocycles. The van der Waals surface area contributed by atoms with Crippen molar-refractivity contribution in [2.45, 2.75) is 13.5 Å². The average molecular weight is 222 g/mol. The Balaban J connectivity index is 1.99. The summed E-state index contributed by atoms with van der Waals surface area (Å²) in [4.78, 5) is 6.22. The molecular formula is C11H11FN2S. The summed E-state index contributed by atoms with van der Waals surface area (Å²) in [6.45, 7) is 2.75. The number of hydrogen-bond donors (Lipinski definition) is 1. The molecular weight excluding hydrogens is 211 g/mol. The maximum Gasteiger partial charge on any atom is 0.214 e. The maximum absolute atomic E-state index is 12.7. The van der Waals surface area contributed by atoms with Crippen LogP contribution in [0.5, 0.6) is 0 Å². The minimum Gasteiger partial charge on any atom is -0.365 e. The van der Waals surface area contributed by atoms with Crippen LogP contribution >= 0.6 is 11.3 Å². The van der Waals surface area contributed by atoms with Crippen molar-refractivity contribution < 1.29 is 4.39 Å². The van der Waals surface area contributed by atoms with E-state index in [1.807, 2.05) is 0 Å². The van der Waals surface area contributed by atoms with E-state index in [1.54, 1.807) is 23.5 Å². The van der Waals surface area contributed by atoms with Gasteiger partial charge in [-0.15, -0.1) is 11.3 Å². The molecule has 0 aliphatic heterocycles. The quantitative estimate of drug-likeness (QED) is 0.807. The zero-order valence-electron chi connectivity index (χ0n) is 8.33. The molecule has 2 aromatic heterocycles. The SMILES string of the molecule is Cc1ccc(CNc2cccc(F)n2)s1. The van der Waals surface area contributed by atoms with Crippen molar-refractivity contribution in [2.75, 3.05) is 5.32 Å². The Labute approximate surface area is 91.8 Å². The smallest absolute Gasteiger partial charge is 0.214 e. The Morgan fingerprint density at radius 3 is 2.87 bits per heavy atom. The van der Waals surface area contributed by atoms with Gasteiger partial charge in [-0.1, -0.05) is 6.07 Å². The molecule has 0 bridgehead atoms. The van der Waals surface area contributed by atoms with Gasteiger partial charge in [0.1, 0.15) is 5.82 Å². The van der Waals surface area contributed by atoms with Crippen molar-refractivity contribution in [1.82, 2.24) is 4.98 Å². The predicted octanol–water partition coefficient (Wildman–Crippen LogP) is 3.20. The summed E-state index contributed by atoms with van der Waals surface area (Å²) in [6.07, 6.45) is 0. The Morgan fingerprint density at radius 1 is 1.33 bits per heavy atom. The molecule has 2 aromatic rings. The monoisotopic (exact) mass is 222 g/mol. The highest BCUT2D eigenvalue weighted by atomic mass is 32.1. The number of hydrogen-bond acceptors (Lipinski definition) is 3. The van der Waals surface area contributed by atoms with Crippen molar-refractivity contribution in [1.29, 1.82) is 0 Å². The van der Waals surface area contributed by atoms with E-state index in [0.29, 0.717) is 12.4 Å². The van der Waals surface area contributed by atoms with Gasteiger partial charge in [-0.25, -0.2) is 4.98 Å². The molecule has 2 nitrogen and oxygen atoms in total. The van der Waals surface area contributed by atoms with Crippen molar-refractivity contribution >= 4 is 17.2 Å². The molecule has 0 unspecified atom stereocenters. The van der Waals surface area contributed by atoms with Crippen LogP contribution in [0.2, 0.25) is 0 Å². The number of rotatable bonds is 3. The van der Waals surface area contributed by atoms with Crippen molar-refractivity contribution in [3.8, 4) is 0 Å². The number of anilines is 1. The van der Waals surface area contributed by atoms with Crippen LogP contribution in [0.1, 0.15) is 9.75 Å². The molecule has 0 saturated heterocycles. The molecule has 4 heteroatoms. The fourth-order valence-corrected chi connectivity index (χ4v) is 2.09. The maximum atomic E-state index is 12.7. The number of aryl methyl sites for hydroxylation is 1. The Bertz CT molecular complexity index is 453. The summed E-state index contributed by atoms with van der Waals surface area (Å²) in [7, 11) is 0. The summed E-state index contributed by atoms with van der Waals surface area (Å²) in [5.74, 6) is 0.114. The third-order valence-corrected chi connectivity index (χ3v) is 2.96. The molecule has 2 rings (SSSR count). The molecule has 2 heterocycles. The van der Waals surface area contributed by atoms with E-state index in [0.717, 1.165) is 0 Å². The van der Waals surface area contributed by atoms with Gasteiger partial charge in [0.05, 0.1) is 6.54 Å². The molecule has 15 heavy (non-hydrogen) atoms. The molecule has 0 fully saturated rings. The first kappa shape index (κ1) is 10.1. The van der Waals surface area contributed by atoms with E-state index in [2.05, 4.69) is 29.4 Å². The van der Waals surface area contributed by atoms with Gasteiger partial charge in [0.25, 0.3) is 0 Å². The van der Waals surface area contributed by atoms with Crippen LogP contribution in [0.15, 0.2) is 30.3 Å². The number of halogens is 1. The average Bonchev–Trinajstić information content (AvgIpc) is 2.62. The van der Waals surface area contributed by atoms with Crippen LogP contribution in [0, 0.1) is 12.9 Å². The summed E-state index contributed by atoms with van der Waals surface area (Å²) < 4.78 is 12.7. The molecule has 0 aliphatic rings. The van der Waals surface area contributed by atoms with E-state index >= 15 is 0 Å². The Hall–Kier alpha value is -1.42. The lowest BCUT2D eigenvalue weighted by Crippen LogP contribution is -2.00. The van der Waals surface area contributed by atoms with Crippen molar-refractivity contribution in [2.24, 2.45) is 0 Å². The zero-order valence-corrected chi connectivity index (χ0v) is 9.14. The molecule has 0 aromatic carbocycles. The van der Waals surface area contributed by atoms with Crippen molar-refractivity contribution in [3.05, 3.63) is 46.0 Å². The predicted molar refractivity (Wildman–Crippen MR) is 60.6 cm³/mol. The molecule has 78 valence electrons. The second-order valence-electron chi connectivity index (χ2n) is 3.21. The minimum absolute atomic E-state index is 0.456. The van der Waals surface area contributed by atoms with Gasteiger partial charge in [0, 0.05) is 9.75 Å². The molecule has 0 amide bonds. The number of pyridine rings is 1. The van der Waals surface area contributed by atoms with E-state index in [4.69, 9.17) is 0 Å². The standard InChI is InChI=1S/C11H11FN2S/c1-8-5-6-9(15-8)7-13-11-4-2-3-10(12)14-11/h2-6H,7H2,1H3,(H,13,14). The first-order valence-electron chi connectivity index (χ1n) is 4.66. The largest absolute Gasteiger partial charge is 0.365 e. The lowest BCUT2D eigenvalue weighted by atomic mass is 10.4. The molecule has 0 spiro atoms. The molecule has 1 N–H and O–H groups in total. The molecule has 0 radical (unpaired) electrons. The third-order valence-electron chi connectivity index (χ3n) is 1.95. The normalized spacial score (nSPS) is 10.3. The topological polar surface area (TPSA) is 24.9 Å². The first-order chi connectivity index (χ1) is 7.24. The summed E-state index contributed by atoms with van der Waals surface area (Å²) in [5, 5.41) is 3.07. The van der Waals surface area contributed by atoms with Gasteiger partial charge in [-0.2, -0.15) is 4.39 Å². The zero-order chi connectivity index (χ0) is 10.7. The van der Waals surface area contributed by atoms with Gasteiger partial charge in [0.2, 0.25) is 5.95 Å². The minimum atomic E-state index is -0.456. The summed E-state index contributed by atoms with van der Waals surface area (Å²) >= 11 is 1.73. The van der Waals surface area contributed by atoms with Crippen LogP contribution in [0.25, 0.3) is 0 Å². The lowest BCUT2D eigenvalue weighted by Gasteiger charge is -2.02. The Kier molecular flexibility index (Phi) is 2.97. The highest BCUT2D eigenvalue weighted by Crippen LogP contribution is 2.16. The van der Waals surface area contributed by atoms with E-state index in [-0.39, 0.29) is 0 Å². The van der Waals surface area contributed by atoms with Crippen LogP contribution in [-0.2, 0) is 6.54 Å². The lowest BCUT2D eigenvalue weighted by molar-refractivity contribution is 0.585. The number of nitrogens with one attached hydrogen (secondary N) is 1. The van der Waals surface area contributed by atoms with E-state index < -0.39 is 5.95 Å². The van der Waals surface area contributed by atoms with Gasteiger partial charge < -0.3 is 5.32 Å². The fourth-order valence-electron chi connectivity index (χ4n) is 1.26. The van der Waals surface area contributed by atoms with Crippen LogP contribution < -0.4 is 5.32 Å². The van der Waals surface area contributed by atoms with E-state index in [9.17, 15) is 4.39 Å². The van der Waals surface area contributed by atoms with E-state index in [1.165, 1.54) is 15.8 Å². The highest BCUT2D eigenvalue weighted by Gasteiger charge is 1.98. The van der Waals surface area contributed by atoms with Gasteiger partial charge >= 0.3 is 0 Å². The second kappa shape index (κ2) is 4.40. The van der Waals surface area contributed by atoms with Crippen LogP contribution in [0.3, 0.4) is 0 Å². The van der Waals surface area contributed by atoms with Gasteiger partial charge in [-0.05, 0) is 31.2 Å². The summed E-state index contributed by atoms with van der Waals surface area (Å²) in [6, 6.07) is 8.86. The molecule has 0 saturated carbocycles. The van der Waals surface area contributed by atoms with Crippen LogP contribution in [0.4, 0.5) is 10.2 Å². The number of thiophene rings is 1. The van der Waals surface area contributed by atoms with Crippen molar-refractivity contribution in [3.63, 3.8) is 0 Å². The summed E-state index contributed by atoms with van der Waals surface area (Å²) in [5.41, 5.74) is 0. The fraction of sp³-hybridized carbons (Fsp3) is 0.182. The number of nitrogens with zero attached hydrogens (tertiary/aromatic N) is 1.